The zero-order valence-electron chi connectivity index (χ0n) is 15.2. The molecule has 2 aliphatic carbocycles. The number of carbonyl (C=O) groups excluding carboxylic acids is 1. The molecule has 0 spiro atoms. The van der Waals surface area contributed by atoms with E-state index in [0.29, 0.717) is 18.4 Å². The number of likely N-dealkylation sites (tertiary alicyclic amines) is 1. The van der Waals surface area contributed by atoms with Gasteiger partial charge in [0.1, 0.15) is 0 Å². The summed E-state index contributed by atoms with van der Waals surface area (Å²) in [4.78, 5) is 17.6. The first-order chi connectivity index (χ1) is 12.6. The van der Waals surface area contributed by atoms with Crippen LogP contribution >= 0.6 is 0 Å². The Bertz CT molecular complexity index is 897. The largest absolute Gasteiger partial charge is 0.388 e. The summed E-state index contributed by atoms with van der Waals surface area (Å²) < 4.78 is 0. The fraction of sp³-hybridized carbons (Fsp3) is 0.500. The van der Waals surface area contributed by atoms with Crippen LogP contribution in [0.4, 0.5) is 0 Å². The molecule has 0 amide bonds. The Morgan fingerprint density at radius 1 is 1.31 bits per heavy atom. The number of fused-ring (bicyclic) bond motifs is 2. The summed E-state index contributed by atoms with van der Waals surface area (Å²) in [5.41, 5.74) is 5.02. The Morgan fingerprint density at radius 3 is 3.04 bits per heavy atom. The lowest BCUT2D eigenvalue weighted by Crippen LogP contribution is -2.50. The third-order valence-corrected chi connectivity index (χ3v) is 6.82. The van der Waals surface area contributed by atoms with E-state index >= 15 is 0 Å². The van der Waals surface area contributed by atoms with E-state index in [1.165, 1.54) is 22.0 Å². The van der Waals surface area contributed by atoms with Crippen LogP contribution in [-0.2, 0) is 11.2 Å². The van der Waals surface area contributed by atoms with Gasteiger partial charge in [0.05, 0.1) is 6.10 Å². The lowest BCUT2D eigenvalue weighted by Gasteiger charge is -2.47. The molecule has 26 heavy (non-hydrogen) atoms. The van der Waals surface area contributed by atoms with E-state index in [4.69, 9.17) is 0 Å². The molecule has 136 valence electrons. The fourth-order valence-corrected chi connectivity index (χ4v) is 5.57. The van der Waals surface area contributed by atoms with Gasteiger partial charge in [-0.05, 0) is 61.6 Å². The number of aliphatic hydroxyl groups excluding tert-OH is 1. The van der Waals surface area contributed by atoms with Gasteiger partial charge in [-0.15, -0.1) is 0 Å². The molecule has 2 unspecified atom stereocenters. The summed E-state index contributed by atoms with van der Waals surface area (Å²) in [6, 6.07) is 7.06. The van der Waals surface area contributed by atoms with E-state index in [1.54, 1.807) is 6.08 Å². The van der Waals surface area contributed by atoms with Crippen molar-refractivity contribution in [3.05, 3.63) is 47.2 Å². The quantitative estimate of drug-likeness (QED) is 0.875. The number of carbonyl (C=O) groups is 1. The van der Waals surface area contributed by atoms with Crippen molar-refractivity contribution in [3.63, 3.8) is 0 Å². The summed E-state index contributed by atoms with van der Waals surface area (Å²) in [5.74, 6) is 0.807. The Balaban J connectivity index is 1.48. The van der Waals surface area contributed by atoms with Crippen LogP contribution in [0.1, 0.15) is 42.7 Å². The molecular formula is C22H26N2O2. The number of benzene rings is 1. The zero-order chi connectivity index (χ0) is 17.8. The molecule has 1 fully saturated rings. The maximum absolute atomic E-state index is 11.8. The lowest BCUT2D eigenvalue weighted by molar-refractivity contribution is -0.115. The van der Waals surface area contributed by atoms with Crippen molar-refractivity contribution >= 4 is 16.7 Å². The number of nitrogens with one attached hydrogen (secondary N) is 1. The Kier molecular flexibility index (Phi) is 3.80. The van der Waals surface area contributed by atoms with Gasteiger partial charge in [0, 0.05) is 47.9 Å². The van der Waals surface area contributed by atoms with Gasteiger partial charge in [-0.2, -0.15) is 0 Å². The molecule has 4 heteroatoms. The molecule has 1 aromatic heterocycles. The SMILES string of the molecule is CN1CC(C(O)C2=CC(=O)CCC2)C[C@@H]2c3cccc4[nH]cc(c34)C[C@H]21. The second-order valence-electron chi connectivity index (χ2n) is 8.38. The highest BCUT2D eigenvalue weighted by atomic mass is 16.3. The number of rotatable bonds is 2. The van der Waals surface area contributed by atoms with E-state index in [-0.39, 0.29) is 11.7 Å². The van der Waals surface area contributed by atoms with Gasteiger partial charge >= 0.3 is 0 Å². The second-order valence-corrected chi connectivity index (χ2v) is 8.38. The number of ketones is 1. The van der Waals surface area contributed by atoms with Crippen LogP contribution in [0.25, 0.3) is 10.9 Å². The molecule has 1 aliphatic heterocycles. The zero-order valence-corrected chi connectivity index (χ0v) is 15.2. The molecule has 4 atom stereocenters. The summed E-state index contributed by atoms with van der Waals surface area (Å²) in [6.07, 6.45) is 7.82. The molecule has 0 radical (unpaired) electrons. The normalized spacial score (nSPS) is 30.2. The van der Waals surface area contributed by atoms with Crippen molar-refractivity contribution in [2.75, 3.05) is 13.6 Å². The number of H-pyrrole nitrogens is 1. The van der Waals surface area contributed by atoms with Crippen LogP contribution in [0, 0.1) is 5.92 Å². The average molecular weight is 350 g/mol. The van der Waals surface area contributed by atoms with E-state index < -0.39 is 6.10 Å². The number of aromatic nitrogens is 1. The summed E-state index contributed by atoms with van der Waals surface area (Å²) in [5, 5.41) is 12.4. The molecule has 2 N–H and O–H groups in total. The van der Waals surface area contributed by atoms with Gasteiger partial charge in [0.15, 0.2) is 5.78 Å². The first-order valence-corrected chi connectivity index (χ1v) is 9.82. The van der Waals surface area contributed by atoms with Gasteiger partial charge in [-0.1, -0.05) is 12.1 Å². The maximum Gasteiger partial charge on any atom is 0.155 e. The van der Waals surface area contributed by atoms with Crippen LogP contribution < -0.4 is 0 Å². The van der Waals surface area contributed by atoms with Crippen LogP contribution in [0.5, 0.6) is 0 Å². The van der Waals surface area contributed by atoms with Crippen LogP contribution in [0.15, 0.2) is 36.0 Å². The predicted octanol–water partition coefficient (Wildman–Crippen LogP) is 3.17. The smallest absolute Gasteiger partial charge is 0.155 e. The van der Waals surface area contributed by atoms with Crippen molar-refractivity contribution < 1.29 is 9.90 Å². The number of hydrogen-bond donors (Lipinski definition) is 2. The van der Waals surface area contributed by atoms with E-state index in [0.717, 1.165) is 37.8 Å². The fourth-order valence-electron chi connectivity index (χ4n) is 5.57. The molecule has 3 aliphatic rings. The highest BCUT2D eigenvalue weighted by Gasteiger charge is 2.41. The molecule has 5 rings (SSSR count). The standard InChI is InChI=1S/C22H26N2O2/c1-24-12-15(22(26)13-4-2-5-16(25)8-13)9-18-17-6-3-7-19-21(17)14(11-23-19)10-20(18)24/h3,6-8,11,15,18,20,22-23,26H,2,4-5,9-10,12H2,1H3/t15?,18-,20-,22?/m1/s1. The van der Waals surface area contributed by atoms with Crippen molar-refractivity contribution in [2.45, 2.75) is 50.2 Å². The lowest BCUT2D eigenvalue weighted by atomic mass is 9.70. The number of piperidine rings is 1. The second kappa shape index (κ2) is 6.07. The highest BCUT2D eigenvalue weighted by molar-refractivity contribution is 5.91. The molecule has 4 nitrogen and oxygen atoms in total. The third-order valence-electron chi connectivity index (χ3n) is 6.82. The minimum absolute atomic E-state index is 0.173. The van der Waals surface area contributed by atoms with E-state index in [2.05, 4.69) is 41.3 Å². The van der Waals surface area contributed by atoms with E-state index in [1.807, 2.05) is 0 Å². The molecule has 2 aromatic rings. The molecular weight excluding hydrogens is 324 g/mol. The summed E-state index contributed by atoms with van der Waals surface area (Å²) in [7, 11) is 2.19. The number of nitrogens with zero attached hydrogens (tertiary/aromatic N) is 1. The van der Waals surface area contributed by atoms with Crippen LogP contribution in [0.3, 0.4) is 0 Å². The van der Waals surface area contributed by atoms with E-state index in [9.17, 15) is 9.90 Å². The Labute approximate surface area is 153 Å². The highest BCUT2D eigenvalue weighted by Crippen LogP contribution is 2.45. The Hall–Kier alpha value is -1.91. The molecule has 2 heterocycles. The molecule has 1 saturated heterocycles. The van der Waals surface area contributed by atoms with Gasteiger partial charge in [-0.3, -0.25) is 4.79 Å². The number of hydrogen-bond acceptors (Lipinski definition) is 3. The number of allylic oxidation sites excluding steroid dienone is 1. The van der Waals surface area contributed by atoms with Crippen LogP contribution in [0.2, 0.25) is 0 Å². The predicted molar refractivity (Wildman–Crippen MR) is 102 cm³/mol. The van der Waals surface area contributed by atoms with Crippen molar-refractivity contribution in [2.24, 2.45) is 5.92 Å². The molecule has 0 bridgehead atoms. The maximum atomic E-state index is 11.8. The first kappa shape index (κ1) is 16.3. The van der Waals surface area contributed by atoms with Crippen molar-refractivity contribution in [3.8, 4) is 0 Å². The minimum atomic E-state index is -0.491. The first-order valence-electron chi connectivity index (χ1n) is 9.82. The van der Waals surface area contributed by atoms with Gasteiger partial charge in [0.25, 0.3) is 0 Å². The number of aliphatic hydroxyl groups is 1. The van der Waals surface area contributed by atoms with Gasteiger partial charge in [0.2, 0.25) is 0 Å². The van der Waals surface area contributed by atoms with Gasteiger partial charge < -0.3 is 15.0 Å². The minimum Gasteiger partial charge on any atom is -0.388 e. The summed E-state index contributed by atoms with van der Waals surface area (Å²) in [6.45, 7) is 0.892. The van der Waals surface area contributed by atoms with Gasteiger partial charge in [-0.25, -0.2) is 0 Å². The number of likely N-dealkylation sites (N-methyl/N-ethyl adjacent to an activating group) is 1. The van der Waals surface area contributed by atoms with Crippen molar-refractivity contribution in [1.82, 2.24) is 9.88 Å². The monoisotopic (exact) mass is 350 g/mol. The topological polar surface area (TPSA) is 56.3 Å². The van der Waals surface area contributed by atoms with Crippen LogP contribution in [-0.4, -0.2) is 46.5 Å². The molecule has 1 aromatic carbocycles. The summed E-state index contributed by atoms with van der Waals surface area (Å²) >= 11 is 0. The third kappa shape index (κ3) is 2.47. The Morgan fingerprint density at radius 2 is 2.19 bits per heavy atom. The average Bonchev–Trinajstić information content (AvgIpc) is 3.06. The molecule has 0 saturated carbocycles. The van der Waals surface area contributed by atoms with Crippen molar-refractivity contribution in [1.29, 1.82) is 0 Å². The number of aromatic amines is 1.